The number of aliphatic hydroxyl groups excluding tert-OH is 1. The van der Waals surface area contributed by atoms with Crippen LogP contribution in [0.15, 0.2) is 27.4 Å². The van der Waals surface area contributed by atoms with E-state index in [0.29, 0.717) is 10.9 Å². The Bertz CT molecular complexity index is 1140. The summed E-state index contributed by atoms with van der Waals surface area (Å²) in [6, 6.07) is 4.60. The summed E-state index contributed by atoms with van der Waals surface area (Å²) in [5.74, 6) is -1.67. The molecule has 11 nitrogen and oxygen atoms in total. The van der Waals surface area contributed by atoms with Crippen LogP contribution >= 0.6 is 0 Å². The fourth-order valence-corrected chi connectivity index (χ4v) is 3.80. The van der Waals surface area contributed by atoms with Crippen LogP contribution in [-0.2, 0) is 39.9 Å². The Morgan fingerprint density at radius 2 is 1.79 bits per heavy atom. The highest BCUT2D eigenvalue weighted by Gasteiger charge is 2.44. The van der Waals surface area contributed by atoms with Crippen LogP contribution in [0.3, 0.4) is 0 Å². The Kier molecular flexibility index (Phi) is 7.90. The van der Waals surface area contributed by atoms with E-state index in [-0.39, 0.29) is 29.9 Å². The number of esters is 3. The monoisotopic (exact) mass is 478 g/mol. The van der Waals surface area contributed by atoms with Gasteiger partial charge in [0, 0.05) is 32.2 Å². The molecule has 1 unspecified atom stereocenters. The maximum atomic E-state index is 11.9. The zero-order valence-electron chi connectivity index (χ0n) is 19.2. The molecular formula is C23H26O11. The van der Waals surface area contributed by atoms with Crippen molar-refractivity contribution in [1.29, 1.82) is 0 Å². The predicted molar refractivity (Wildman–Crippen MR) is 115 cm³/mol. The van der Waals surface area contributed by atoms with E-state index in [1.807, 2.05) is 0 Å². The van der Waals surface area contributed by atoms with E-state index < -0.39 is 54.7 Å². The Hall–Kier alpha value is -3.44. The van der Waals surface area contributed by atoms with Gasteiger partial charge < -0.3 is 33.2 Å². The first-order valence-electron chi connectivity index (χ1n) is 10.6. The Balaban J connectivity index is 1.94. The third kappa shape index (κ3) is 5.91. The van der Waals surface area contributed by atoms with Crippen molar-refractivity contribution in [2.75, 3.05) is 6.61 Å². The smallest absolute Gasteiger partial charge is 0.336 e. The number of rotatable bonds is 7. The average Bonchev–Trinajstić information content (AvgIpc) is 2.73. The summed E-state index contributed by atoms with van der Waals surface area (Å²) in [6.07, 6.45) is -4.09. The molecule has 1 aromatic heterocycles. The molecule has 11 heteroatoms. The molecule has 1 aromatic carbocycles. The molecule has 0 radical (unpaired) electrons. The van der Waals surface area contributed by atoms with Crippen molar-refractivity contribution in [3.63, 3.8) is 0 Å². The number of hydrogen-bond acceptors (Lipinski definition) is 11. The van der Waals surface area contributed by atoms with E-state index in [4.69, 9.17) is 28.1 Å². The highest BCUT2D eigenvalue weighted by Crippen LogP contribution is 2.33. The van der Waals surface area contributed by atoms with Crippen molar-refractivity contribution in [2.24, 2.45) is 0 Å². The number of ether oxygens (including phenoxy) is 5. The molecule has 4 atom stereocenters. The quantitative estimate of drug-likeness (QED) is 0.351. The number of fused-ring (bicyclic) bond motifs is 1. The van der Waals surface area contributed by atoms with Crippen LogP contribution in [0.4, 0.5) is 0 Å². The lowest BCUT2D eigenvalue weighted by Gasteiger charge is -2.40. The minimum absolute atomic E-state index is 0.0330. The molecule has 0 saturated carbocycles. The molecule has 1 aliphatic heterocycles. The zero-order chi connectivity index (χ0) is 25.0. The van der Waals surface area contributed by atoms with Gasteiger partial charge in [0.15, 0.2) is 6.10 Å². The van der Waals surface area contributed by atoms with Gasteiger partial charge in [0.2, 0.25) is 6.29 Å². The number of carbonyl (C=O) groups is 3. The van der Waals surface area contributed by atoms with Gasteiger partial charge in [-0.1, -0.05) is 0 Å². The Morgan fingerprint density at radius 1 is 1.09 bits per heavy atom. The summed E-state index contributed by atoms with van der Waals surface area (Å²) in [5.41, 5.74) is 0.490. The van der Waals surface area contributed by atoms with E-state index >= 15 is 0 Å². The van der Waals surface area contributed by atoms with Gasteiger partial charge in [-0.15, -0.1) is 0 Å². The van der Waals surface area contributed by atoms with Gasteiger partial charge in [0.05, 0.1) is 18.6 Å². The first kappa shape index (κ1) is 25.2. The normalized spacial score (nSPS) is 22.1. The van der Waals surface area contributed by atoms with Crippen LogP contribution in [-0.4, -0.2) is 54.2 Å². The number of aliphatic hydroxyl groups is 1. The van der Waals surface area contributed by atoms with Crippen LogP contribution in [0.1, 0.15) is 38.3 Å². The van der Waals surface area contributed by atoms with E-state index in [0.717, 1.165) is 0 Å². The van der Waals surface area contributed by atoms with E-state index in [2.05, 4.69) is 0 Å². The molecular weight excluding hydrogens is 452 g/mol. The summed E-state index contributed by atoms with van der Waals surface area (Å²) in [6.45, 7) is 4.56. The molecule has 2 heterocycles. The summed E-state index contributed by atoms with van der Waals surface area (Å²) in [4.78, 5) is 46.5. The van der Waals surface area contributed by atoms with Gasteiger partial charge in [-0.25, -0.2) is 4.79 Å². The van der Waals surface area contributed by atoms with Gasteiger partial charge in [0.25, 0.3) is 0 Å². The molecule has 1 saturated heterocycles. The van der Waals surface area contributed by atoms with Gasteiger partial charge in [-0.3, -0.25) is 14.4 Å². The molecule has 0 amide bonds. The third-order valence-corrected chi connectivity index (χ3v) is 5.15. The predicted octanol–water partition coefficient (Wildman–Crippen LogP) is 1.51. The average molecular weight is 478 g/mol. The van der Waals surface area contributed by atoms with Gasteiger partial charge in [0.1, 0.15) is 30.1 Å². The van der Waals surface area contributed by atoms with Crippen LogP contribution in [0, 0.1) is 6.92 Å². The van der Waals surface area contributed by atoms with E-state index in [1.54, 1.807) is 19.1 Å². The van der Waals surface area contributed by atoms with Crippen molar-refractivity contribution >= 4 is 28.9 Å². The topological polar surface area (TPSA) is 148 Å². The van der Waals surface area contributed by atoms with Crippen molar-refractivity contribution < 1.29 is 47.6 Å². The van der Waals surface area contributed by atoms with Crippen LogP contribution in [0.25, 0.3) is 11.0 Å². The molecule has 2 aromatic rings. The molecule has 0 aliphatic carbocycles. The molecule has 0 bridgehead atoms. The number of hydrogen-bond donors (Lipinski definition) is 1. The lowest BCUT2D eigenvalue weighted by molar-refractivity contribution is -0.245. The Morgan fingerprint density at radius 3 is 2.41 bits per heavy atom. The van der Waals surface area contributed by atoms with Crippen LogP contribution in [0.5, 0.6) is 5.75 Å². The second kappa shape index (κ2) is 10.7. The number of carbonyl (C=O) groups excluding carboxylic acids is 3. The maximum absolute atomic E-state index is 11.9. The van der Waals surface area contributed by atoms with Crippen molar-refractivity contribution in [2.45, 2.75) is 65.3 Å². The van der Waals surface area contributed by atoms with Gasteiger partial charge >= 0.3 is 23.5 Å². The summed E-state index contributed by atoms with van der Waals surface area (Å²) in [7, 11) is 0. The second-order valence-electron chi connectivity index (χ2n) is 7.81. The number of aryl methyl sites for hydroxylation is 1. The highest BCUT2D eigenvalue weighted by atomic mass is 16.7. The van der Waals surface area contributed by atoms with Crippen LogP contribution in [0.2, 0.25) is 0 Å². The van der Waals surface area contributed by atoms with Crippen molar-refractivity contribution in [3.05, 3.63) is 39.7 Å². The molecule has 34 heavy (non-hydrogen) atoms. The summed E-state index contributed by atoms with van der Waals surface area (Å²) in [5, 5.41) is 10.6. The lowest BCUT2D eigenvalue weighted by atomic mass is 10.0. The molecule has 3 rings (SSSR count). The van der Waals surface area contributed by atoms with Gasteiger partial charge in [-0.2, -0.15) is 0 Å². The molecule has 1 N–H and O–H groups in total. The molecule has 1 fully saturated rings. The van der Waals surface area contributed by atoms with Gasteiger partial charge in [-0.05, 0) is 24.6 Å². The maximum Gasteiger partial charge on any atom is 0.336 e. The SMILES string of the molecule is CC(=O)OC[C@H]1OC(Oc2ccc3c(C)cc(=O)oc3c2CO)C[C@@H](OC(C)=O)[C@H]1OC(C)=O. The molecule has 0 spiro atoms. The molecule has 184 valence electrons. The summed E-state index contributed by atoms with van der Waals surface area (Å²) < 4.78 is 32.8. The fraction of sp³-hybridized carbons (Fsp3) is 0.478. The minimum atomic E-state index is -1.05. The zero-order valence-corrected chi connectivity index (χ0v) is 19.2. The number of benzene rings is 1. The first-order chi connectivity index (χ1) is 16.1. The largest absolute Gasteiger partial charge is 0.464 e. The standard InChI is InChI=1S/C23H26O11/c1-11-7-20(28)34-22-15(11)5-6-17(16(22)9-24)32-21-8-18(30-13(3)26)23(31-14(4)27)19(33-21)10-29-12(2)25/h5-7,18-19,21,23-24H,8-10H2,1-4H3/t18-,19-,21?,23-/m1/s1. The lowest BCUT2D eigenvalue weighted by Crippen LogP contribution is -2.54. The van der Waals surface area contributed by atoms with Crippen LogP contribution < -0.4 is 10.4 Å². The highest BCUT2D eigenvalue weighted by molar-refractivity contribution is 5.84. The van der Waals surface area contributed by atoms with E-state index in [9.17, 15) is 24.3 Å². The third-order valence-electron chi connectivity index (χ3n) is 5.15. The summed E-state index contributed by atoms with van der Waals surface area (Å²) >= 11 is 0. The van der Waals surface area contributed by atoms with Crippen molar-refractivity contribution in [1.82, 2.24) is 0 Å². The van der Waals surface area contributed by atoms with E-state index in [1.165, 1.54) is 26.8 Å². The second-order valence-corrected chi connectivity index (χ2v) is 7.81. The fourth-order valence-electron chi connectivity index (χ4n) is 3.80. The van der Waals surface area contributed by atoms with Crippen molar-refractivity contribution in [3.8, 4) is 5.75 Å². The minimum Gasteiger partial charge on any atom is -0.464 e. The molecule has 1 aliphatic rings. The first-order valence-corrected chi connectivity index (χ1v) is 10.6. The Labute approximate surface area is 194 Å².